The number of nitrogens with zero attached hydrogens (tertiary/aromatic N) is 3. The molecule has 0 aliphatic carbocycles. The number of β-lactam (4-membered cyclic amide) rings is 1. The van der Waals surface area contributed by atoms with Crippen molar-refractivity contribution in [1.29, 1.82) is 0 Å². The van der Waals surface area contributed by atoms with Crippen LogP contribution in [0.2, 0.25) is 0 Å². The Hall–Kier alpha value is -2.65. The Balaban J connectivity index is 1.90. The van der Waals surface area contributed by atoms with E-state index in [-0.39, 0.29) is 23.4 Å². The number of methoxy groups -OCH3 is 2. The molecule has 27 heavy (non-hydrogen) atoms. The zero-order valence-corrected chi connectivity index (χ0v) is 16.3. The van der Waals surface area contributed by atoms with Gasteiger partial charge in [-0.2, -0.15) is 0 Å². The molecular formula is C17H16ClN3O5S. The van der Waals surface area contributed by atoms with Crippen molar-refractivity contribution in [1.82, 2.24) is 4.98 Å². The number of hydrogen-bond donors (Lipinski definition) is 0. The fourth-order valence-electron chi connectivity index (χ4n) is 2.65. The highest BCUT2D eigenvalue weighted by Crippen LogP contribution is 2.43. The summed E-state index contributed by atoms with van der Waals surface area (Å²) in [4.78, 5) is 34.7. The number of carbonyl (C=O) groups is 2. The number of amides is 1. The maximum atomic E-state index is 12.4. The first-order valence-corrected chi connectivity index (χ1v) is 9.09. The minimum Gasteiger partial charge on any atom is -0.497 e. The quantitative estimate of drug-likeness (QED) is 0.239. The molecule has 1 aliphatic rings. The van der Waals surface area contributed by atoms with Gasteiger partial charge in [-0.15, -0.1) is 22.9 Å². The van der Waals surface area contributed by atoms with Crippen LogP contribution < -0.4 is 9.64 Å². The molecule has 1 aromatic heterocycles. The predicted molar refractivity (Wildman–Crippen MR) is 101 cm³/mol. The number of aromatic nitrogens is 1. The summed E-state index contributed by atoms with van der Waals surface area (Å²) in [5.74, 6) is -0.246. The lowest BCUT2D eigenvalue weighted by atomic mass is 9.94. The number of anilines is 1. The normalized spacial score (nSPS) is 19.5. The van der Waals surface area contributed by atoms with Gasteiger partial charge in [0, 0.05) is 5.38 Å². The van der Waals surface area contributed by atoms with Crippen molar-refractivity contribution in [3.05, 3.63) is 40.9 Å². The SMILES string of the molecule is CO/N=C(\C(=O)OC)c1csc(N2C(=O)C(Cl)C2c2ccc(OC)cc2)n1. The fourth-order valence-corrected chi connectivity index (χ4v) is 3.86. The molecule has 8 nitrogen and oxygen atoms in total. The summed E-state index contributed by atoms with van der Waals surface area (Å²) < 4.78 is 9.83. The van der Waals surface area contributed by atoms with Gasteiger partial charge in [0.15, 0.2) is 5.13 Å². The molecular weight excluding hydrogens is 394 g/mol. The number of hydrogen-bond acceptors (Lipinski definition) is 8. The number of esters is 1. The molecule has 0 saturated carbocycles. The second-order valence-corrected chi connectivity index (χ2v) is 6.76. The van der Waals surface area contributed by atoms with E-state index in [9.17, 15) is 9.59 Å². The summed E-state index contributed by atoms with van der Waals surface area (Å²) in [6.45, 7) is 0. The Labute approximate surface area is 164 Å². The van der Waals surface area contributed by atoms with Crippen LogP contribution in [-0.2, 0) is 19.2 Å². The fraction of sp³-hybridized carbons (Fsp3) is 0.294. The molecule has 2 atom stereocenters. The molecule has 1 aromatic carbocycles. The maximum Gasteiger partial charge on any atom is 0.362 e. The summed E-state index contributed by atoms with van der Waals surface area (Å²) >= 11 is 7.44. The second kappa shape index (κ2) is 7.93. The van der Waals surface area contributed by atoms with Crippen LogP contribution in [0.15, 0.2) is 34.8 Å². The lowest BCUT2D eigenvalue weighted by molar-refractivity contribution is -0.132. The highest BCUT2D eigenvalue weighted by Gasteiger charge is 2.49. The van der Waals surface area contributed by atoms with E-state index >= 15 is 0 Å². The van der Waals surface area contributed by atoms with Crippen LogP contribution in [0, 0.1) is 0 Å². The Morgan fingerprint density at radius 3 is 2.56 bits per heavy atom. The smallest absolute Gasteiger partial charge is 0.362 e. The Kier molecular flexibility index (Phi) is 5.62. The zero-order chi connectivity index (χ0) is 19.6. The summed E-state index contributed by atoms with van der Waals surface area (Å²) in [5, 5.41) is 4.96. The van der Waals surface area contributed by atoms with E-state index in [1.54, 1.807) is 24.6 Å². The first-order chi connectivity index (χ1) is 13.0. The van der Waals surface area contributed by atoms with Crippen molar-refractivity contribution in [2.75, 3.05) is 26.2 Å². The van der Waals surface area contributed by atoms with Gasteiger partial charge >= 0.3 is 5.97 Å². The largest absolute Gasteiger partial charge is 0.497 e. The molecule has 0 spiro atoms. The van der Waals surface area contributed by atoms with Crippen LogP contribution in [0.4, 0.5) is 5.13 Å². The number of thiazole rings is 1. The minimum atomic E-state index is -0.696. The predicted octanol–water partition coefficient (Wildman–Crippen LogP) is 2.37. The number of benzene rings is 1. The third-order valence-corrected chi connectivity index (χ3v) is 5.25. The molecule has 142 valence electrons. The van der Waals surface area contributed by atoms with Gasteiger partial charge in [0.05, 0.1) is 20.3 Å². The van der Waals surface area contributed by atoms with Crippen molar-refractivity contribution in [3.63, 3.8) is 0 Å². The molecule has 0 radical (unpaired) electrons. The van der Waals surface area contributed by atoms with Gasteiger partial charge in [-0.25, -0.2) is 9.78 Å². The van der Waals surface area contributed by atoms with E-state index < -0.39 is 11.3 Å². The van der Waals surface area contributed by atoms with Gasteiger partial charge in [-0.3, -0.25) is 9.69 Å². The molecule has 1 amide bonds. The number of alkyl halides is 1. The lowest BCUT2D eigenvalue weighted by Crippen LogP contribution is -2.56. The summed E-state index contributed by atoms with van der Waals surface area (Å²) in [5.41, 5.74) is 1.02. The van der Waals surface area contributed by atoms with Crippen molar-refractivity contribution in [3.8, 4) is 5.75 Å². The van der Waals surface area contributed by atoms with Gasteiger partial charge in [0.1, 0.15) is 23.9 Å². The van der Waals surface area contributed by atoms with E-state index in [1.807, 2.05) is 12.1 Å². The molecule has 2 aromatic rings. The van der Waals surface area contributed by atoms with E-state index in [0.29, 0.717) is 10.9 Å². The summed E-state index contributed by atoms with van der Waals surface area (Å²) in [6.07, 6.45) is 0. The van der Waals surface area contributed by atoms with E-state index in [4.69, 9.17) is 16.3 Å². The highest BCUT2D eigenvalue weighted by atomic mass is 35.5. The second-order valence-electron chi connectivity index (χ2n) is 5.46. The molecule has 2 heterocycles. The van der Waals surface area contributed by atoms with Gasteiger partial charge in [0.25, 0.3) is 0 Å². The lowest BCUT2D eigenvalue weighted by Gasteiger charge is -2.42. The zero-order valence-electron chi connectivity index (χ0n) is 14.7. The number of oxime groups is 1. The van der Waals surface area contributed by atoms with E-state index in [0.717, 1.165) is 5.56 Å². The first kappa shape index (κ1) is 19.1. The van der Waals surface area contributed by atoms with Gasteiger partial charge in [-0.1, -0.05) is 17.3 Å². The van der Waals surface area contributed by atoms with Crippen molar-refractivity contribution in [2.45, 2.75) is 11.4 Å². The van der Waals surface area contributed by atoms with Crippen molar-refractivity contribution < 1.29 is 23.9 Å². The van der Waals surface area contributed by atoms with Gasteiger partial charge < -0.3 is 14.3 Å². The van der Waals surface area contributed by atoms with Crippen LogP contribution >= 0.6 is 22.9 Å². The van der Waals surface area contributed by atoms with E-state index in [2.05, 4.69) is 19.7 Å². The number of ether oxygens (including phenoxy) is 2. The van der Waals surface area contributed by atoms with Crippen molar-refractivity contribution >= 4 is 45.7 Å². The highest BCUT2D eigenvalue weighted by molar-refractivity contribution is 7.14. The number of halogens is 1. The molecule has 0 N–H and O–H groups in total. The maximum absolute atomic E-state index is 12.4. The molecule has 3 rings (SSSR count). The van der Waals surface area contributed by atoms with Crippen LogP contribution in [-0.4, -0.2) is 49.3 Å². The standard InChI is InChI=1S/C17H16ClN3O5S/c1-24-10-6-4-9(5-7-10)14-12(18)15(22)21(14)17-19-11(8-27-17)13(20-26-3)16(23)25-2/h4-8,12,14H,1-3H3/b20-13-. The number of carbonyl (C=O) groups excluding carboxylic acids is 2. The minimum absolute atomic E-state index is 0.0844. The third kappa shape index (κ3) is 3.47. The molecule has 10 heteroatoms. The summed E-state index contributed by atoms with van der Waals surface area (Å²) in [7, 11) is 4.13. The monoisotopic (exact) mass is 409 g/mol. The van der Waals surface area contributed by atoms with Gasteiger partial charge in [0.2, 0.25) is 11.6 Å². The topological polar surface area (TPSA) is 90.3 Å². The molecule has 1 saturated heterocycles. The average molecular weight is 410 g/mol. The Bertz CT molecular complexity index is 883. The van der Waals surface area contributed by atoms with E-state index in [1.165, 1.54) is 30.5 Å². The Morgan fingerprint density at radius 1 is 1.26 bits per heavy atom. The number of rotatable bonds is 6. The van der Waals surface area contributed by atoms with Crippen molar-refractivity contribution in [2.24, 2.45) is 5.16 Å². The first-order valence-electron chi connectivity index (χ1n) is 7.78. The molecule has 1 fully saturated rings. The average Bonchev–Trinajstić information content (AvgIpc) is 3.17. The summed E-state index contributed by atoms with van der Waals surface area (Å²) in [6, 6.07) is 6.92. The van der Waals surface area contributed by atoms with Crippen LogP contribution in [0.25, 0.3) is 0 Å². The third-order valence-electron chi connectivity index (χ3n) is 3.99. The van der Waals surface area contributed by atoms with Crippen LogP contribution in [0.5, 0.6) is 5.75 Å². The van der Waals surface area contributed by atoms with Crippen LogP contribution in [0.1, 0.15) is 17.3 Å². The molecule has 1 aliphatic heterocycles. The molecule has 2 unspecified atom stereocenters. The van der Waals surface area contributed by atoms with Crippen LogP contribution in [0.3, 0.4) is 0 Å². The Morgan fingerprint density at radius 2 is 1.96 bits per heavy atom. The van der Waals surface area contributed by atoms with Gasteiger partial charge in [-0.05, 0) is 17.7 Å². The molecule has 0 bridgehead atoms.